The first-order chi connectivity index (χ1) is 16.9. The molecule has 0 saturated carbocycles. The summed E-state index contributed by atoms with van der Waals surface area (Å²) in [7, 11) is 0. The smallest absolute Gasteiger partial charge is 0.196 e. The molecule has 182 valence electrons. The quantitative estimate of drug-likeness (QED) is 0.167. The summed E-state index contributed by atoms with van der Waals surface area (Å²) in [4.78, 5) is 0. The van der Waals surface area contributed by atoms with Crippen molar-refractivity contribution in [2.75, 3.05) is 6.61 Å². The van der Waals surface area contributed by atoms with Crippen molar-refractivity contribution in [1.29, 1.82) is 0 Å². The van der Waals surface area contributed by atoms with E-state index < -0.39 is 0 Å². The molecule has 0 fully saturated rings. The molecule has 4 nitrogen and oxygen atoms in total. The molecule has 0 aliphatic heterocycles. The van der Waals surface area contributed by atoms with Gasteiger partial charge in [0.15, 0.2) is 6.29 Å². The van der Waals surface area contributed by atoms with E-state index in [4.69, 9.17) is 14.2 Å². The summed E-state index contributed by atoms with van der Waals surface area (Å²) in [5.74, 6) is 2.12. The second-order valence-corrected chi connectivity index (χ2v) is 8.65. The van der Waals surface area contributed by atoms with Crippen LogP contribution in [0.2, 0.25) is 0 Å². The van der Waals surface area contributed by atoms with Crippen LogP contribution in [-0.4, -0.2) is 18.0 Å². The largest absolute Gasteiger partial charge is 0.508 e. The van der Waals surface area contributed by atoms with E-state index in [0.717, 1.165) is 28.0 Å². The first kappa shape index (κ1) is 25.9. The Balaban J connectivity index is 1.72. The number of phenols is 1. The van der Waals surface area contributed by atoms with Gasteiger partial charge in [0.05, 0.1) is 6.61 Å². The van der Waals surface area contributed by atoms with Crippen molar-refractivity contribution in [3.05, 3.63) is 113 Å². The predicted molar refractivity (Wildman–Crippen MR) is 144 cm³/mol. The Labute approximate surface area is 208 Å². The number of phenolic OH excluding ortho intramolecular Hbond substituents is 1. The van der Waals surface area contributed by atoms with Crippen LogP contribution in [0.3, 0.4) is 0 Å². The van der Waals surface area contributed by atoms with Crippen LogP contribution < -0.4 is 4.74 Å². The van der Waals surface area contributed by atoms with Gasteiger partial charge in [-0.15, -0.1) is 0 Å². The second-order valence-electron chi connectivity index (χ2n) is 8.65. The molecule has 3 aromatic carbocycles. The maximum absolute atomic E-state index is 9.88. The lowest BCUT2D eigenvalue weighted by molar-refractivity contribution is -0.0755. The summed E-state index contributed by atoms with van der Waals surface area (Å²) in [5.41, 5.74) is 3.83. The van der Waals surface area contributed by atoms with Crippen LogP contribution in [-0.2, 0) is 16.1 Å². The third kappa shape index (κ3) is 8.84. The van der Waals surface area contributed by atoms with E-state index in [2.05, 4.69) is 20.4 Å². The molecule has 4 heteroatoms. The number of hydrogen-bond acceptors (Lipinski definition) is 4. The molecule has 35 heavy (non-hydrogen) atoms. The molecule has 0 aliphatic carbocycles. The fourth-order valence-corrected chi connectivity index (χ4v) is 3.32. The van der Waals surface area contributed by atoms with Gasteiger partial charge in [-0.1, -0.05) is 81.1 Å². The van der Waals surface area contributed by atoms with E-state index >= 15 is 0 Å². The molecular formula is C31H34O4. The fraction of sp³-hybridized carbons (Fsp3) is 0.226. The van der Waals surface area contributed by atoms with Crippen LogP contribution in [0.4, 0.5) is 0 Å². The first-order valence-corrected chi connectivity index (χ1v) is 11.8. The van der Waals surface area contributed by atoms with Crippen LogP contribution in [0.5, 0.6) is 11.5 Å². The monoisotopic (exact) mass is 470 g/mol. The molecule has 0 heterocycles. The van der Waals surface area contributed by atoms with E-state index in [0.29, 0.717) is 24.9 Å². The summed E-state index contributed by atoms with van der Waals surface area (Å²) in [6.45, 7) is 10.9. The standard InChI is InChI=1S/C31H34O4/c1-5-27-14-15-29(32)20-28(27)22-34-31(19-26-9-7-6-8-10-26)18-13-25-11-16-30(17-12-25)35-24(4)33-21-23(2)3/h5-20,23-24,32H,1,21-22H2,2-4H3. The highest BCUT2D eigenvalue weighted by molar-refractivity contribution is 5.60. The number of hydrogen-bond donors (Lipinski definition) is 1. The highest BCUT2D eigenvalue weighted by Gasteiger charge is 2.06. The molecule has 3 rings (SSSR count). The van der Waals surface area contributed by atoms with Gasteiger partial charge in [0.2, 0.25) is 0 Å². The van der Waals surface area contributed by atoms with Crippen LogP contribution >= 0.6 is 0 Å². The molecular weight excluding hydrogens is 436 g/mol. The molecule has 0 spiro atoms. The van der Waals surface area contributed by atoms with Crippen molar-refractivity contribution in [3.63, 3.8) is 0 Å². The average molecular weight is 471 g/mol. The minimum absolute atomic E-state index is 0.199. The number of rotatable bonds is 12. The van der Waals surface area contributed by atoms with E-state index in [1.165, 1.54) is 0 Å². The highest BCUT2D eigenvalue weighted by Crippen LogP contribution is 2.22. The summed E-state index contributed by atoms with van der Waals surface area (Å²) in [6, 6.07) is 23.0. The zero-order valence-electron chi connectivity index (χ0n) is 20.7. The van der Waals surface area contributed by atoms with Gasteiger partial charge in [-0.2, -0.15) is 0 Å². The third-order valence-electron chi connectivity index (χ3n) is 5.14. The molecule has 0 radical (unpaired) electrons. The molecule has 0 aliphatic rings. The van der Waals surface area contributed by atoms with Crippen molar-refractivity contribution in [3.8, 4) is 11.5 Å². The third-order valence-corrected chi connectivity index (χ3v) is 5.14. The molecule has 1 unspecified atom stereocenters. The Hall–Kier alpha value is -3.76. The number of allylic oxidation sites excluding steroid dienone is 1. The van der Waals surface area contributed by atoms with Gasteiger partial charge >= 0.3 is 0 Å². The van der Waals surface area contributed by atoms with Gasteiger partial charge in [0.1, 0.15) is 23.9 Å². The molecule has 0 saturated heterocycles. The second kappa shape index (κ2) is 13.2. The summed E-state index contributed by atoms with van der Waals surface area (Å²) < 4.78 is 17.7. The fourth-order valence-electron chi connectivity index (χ4n) is 3.32. The molecule has 1 N–H and O–H groups in total. The average Bonchev–Trinajstić information content (AvgIpc) is 2.86. The van der Waals surface area contributed by atoms with Gasteiger partial charge in [-0.05, 0) is 65.9 Å². The first-order valence-electron chi connectivity index (χ1n) is 11.8. The maximum atomic E-state index is 9.88. The van der Waals surface area contributed by atoms with Gasteiger partial charge in [-0.3, -0.25) is 0 Å². The lowest BCUT2D eigenvalue weighted by atomic mass is 10.1. The Bertz CT molecular complexity index is 1130. The van der Waals surface area contributed by atoms with Gasteiger partial charge in [-0.25, -0.2) is 0 Å². The van der Waals surface area contributed by atoms with E-state index in [1.807, 2.05) is 85.8 Å². The van der Waals surface area contributed by atoms with Crippen LogP contribution in [0.15, 0.2) is 91.2 Å². The van der Waals surface area contributed by atoms with Crippen molar-refractivity contribution in [1.82, 2.24) is 0 Å². The van der Waals surface area contributed by atoms with Gasteiger partial charge in [0.25, 0.3) is 0 Å². The van der Waals surface area contributed by atoms with E-state index in [1.54, 1.807) is 18.2 Å². The molecule has 0 bridgehead atoms. The van der Waals surface area contributed by atoms with Crippen molar-refractivity contribution in [2.45, 2.75) is 33.7 Å². The normalized spacial score (nSPS) is 12.6. The van der Waals surface area contributed by atoms with Crippen molar-refractivity contribution >= 4 is 18.2 Å². The number of ether oxygens (including phenoxy) is 3. The Morgan fingerprint density at radius 2 is 1.69 bits per heavy atom. The van der Waals surface area contributed by atoms with Crippen molar-refractivity contribution < 1.29 is 19.3 Å². The Morgan fingerprint density at radius 3 is 2.37 bits per heavy atom. The molecule has 3 aromatic rings. The zero-order chi connectivity index (χ0) is 25.0. The Morgan fingerprint density at radius 1 is 0.943 bits per heavy atom. The number of aromatic hydroxyl groups is 1. The van der Waals surface area contributed by atoms with E-state index in [9.17, 15) is 5.11 Å². The maximum Gasteiger partial charge on any atom is 0.196 e. The zero-order valence-corrected chi connectivity index (χ0v) is 20.7. The molecule has 0 aromatic heterocycles. The lowest BCUT2D eigenvalue weighted by Gasteiger charge is -2.16. The minimum atomic E-state index is -0.300. The summed E-state index contributed by atoms with van der Waals surface area (Å²) >= 11 is 0. The highest BCUT2D eigenvalue weighted by atomic mass is 16.7. The predicted octanol–water partition coefficient (Wildman–Crippen LogP) is 7.70. The number of benzene rings is 3. The topological polar surface area (TPSA) is 47.9 Å². The summed E-state index contributed by atoms with van der Waals surface area (Å²) in [5, 5.41) is 9.88. The SMILES string of the molecule is C=Cc1ccc(O)cc1COC(C=Cc1ccc(OC(C)OCC(C)C)cc1)=Cc1ccccc1. The Kier molecular flexibility index (Phi) is 9.76. The lowest BCUT2D eigenvalue weighted by Crippen LogP contribution is -2.18. The van der Waals surface area contributed by atoms with Gasteiger partial charge < -0.3 is 19.3 Å². The van der Waals surface area contributed by atoms with Crippen LogP contribution in [0.25, 0.3) is 18.2 Å². The van der Waals surface area contributed by atoms with E-state index in [-0.39, 0.29) is 12.0 Å². The van der Waals surface area contributed by atoms with Crippen molar-refractivity contribution in [2.24, 2.45) is 5.92 Å². The summed E-state index contributed by atoms with van der Waals surface area (Å²) in [6.07, 6.45) is 7.37. The van der Waals surface area contributed by atoms with Crippen LogP contribution in [0, 0.1) is 5.92 Å². The van der Waals surface area contributed by atoms with Gasteiger partial charge in [0, 0.05) is 5.56 Å². The van der Waals surface area contributed by atoms with Crippen LogP contribution in [0.1, 0.15) is 43.0 Å². The molecule has 0 amide bonds. The minimum Gasteiger partial charge on any atom is -0.508 e. The molecule has 1 atom stereocenters.